The van der Waals surface area contributed by atoms with Gasteiger partial charge in [0.2, 0.25) is 0 Å². The van der Waals surface area contributed by atoms with Crippen LogP contribution >= 0.6 is 39.5 Å². The van der Waals surface area contributed by atoms with E-state index in [0.29, 0.717) is 5.25 Å². The van der Waals surface area contributed by atoms with Crippen LogP contribution in [-0.2, 0) is 4.74 Å². The first-order valence-electron chi connectivity index (χ1n) is 7.10. The number of anilines is 1. The van der Waals surface area contributed by atoms with Gasteiger partial charge in [-0.3, -0.25) is 0 Å². The molecule has 0 bridgehead atoms. The molecule has 2 aliphatic heterocycles. The first-order valence-corrected chi connectivity index (χ1v) is 9.93. The maximum atomic E-state index is 6.17. The molecule has 5 heteroatoms. The Hall–Kier alpha value is 0.160. The SMILES string of the molecule is Nc1ccc(SC2CCOC3(CCSCC3)C2)c(Br)c1. The molecule has 110 valence electrons. The number of benzene rings is 1. The summed E-state index contributed by atoms with van der Waals surface area (Å²) in [7, 11) is 0. The molecule has 2 fully saturated rings. The van der Waals surface area contributed by atoms with Crippen molar-refractivity contribution < 1.29 is 4.74 Å². The molecule has 3 rings (SSSR count). The Bertz CT molecular complexity index is 471. The minimum absolute atomic E-state index is 0.168. The summed E-state index contributed by atoms with van der Waals surface area (Å²) < 4.78 is 7.28. The van der Waals surface area contributed by atoms with E-state index in [1.165, 1.54) is 35.7 Å². The van der Waals surface area contributed by atoms with Crippen LogP contribution in [0.1, 0.15) is 25.7 Å². The van der Waals surface area contributed by atoms with Crippen molar-refractivity contribution in [3.8, 4) is 0 Å². The maximum Gasteiger partial charge on any atom is 0.0709 e. The summed E-state index contributed by atoms with van der Waals surface area (Å²) in [5, 5.41) is 0.659. The highest BCUT2D eigenvalue weighted by molar-refractivity contribution is 9.10. The van der Waals surface area contributed by atoms with E-state index in [9.17, 15) is 0 Å². The first-order chi connectivity index (χ1) is 9.67. The fourth-order valence-corrected chi connectivity index (χ4v) is 6.16. The quantitative estimate of drug-likeness (QED) is 0.770. The third-order valence-electron chi connectivity index (χ3n) is 4.10. The number of hydrogen-bond donors (Lipinski definition) is 1. The van der Waals surface area contributed by atoms with Crippen molar-refractivity contribution >= 4 is 45.1 Å². The van der Waals surface area contributed by atoms with Gasteiger partial charge in [-0.15, -0.1) is 11.8 Å². The minimum Gasteiger partial charge on any atom is -0.399 e. The number of halogens is 1. The molecular formula is C15H20BrNOS2. The topological polar surface area (TPSA) is 35.2 Å². The van der Waals surface area contributed by atoms with Crippen molar-refractivity contribution in [2.24, 2.45) is 0 Å². The molecule has 0 aromatic heterocycles. The number of ether oxygens (including phenoxy) is 1. The molecule has 1 spiro atoms. The summed E-state index contributed by atoms with van der Waals surface area (Å²) in [6, 6.07) is 6.11. The third kappa shape index (κ3) is 3.49. The van der Waals surface area contributed by atoms with Gasteiger partial charge in [-0.05, 0) is 71.3 Å². The largest absolute Gasteiger partial charge is 0.399 e. The van der Waals surface area contributed by atoms with E-state index >= 15 is 0 Å². The Morgan fingerprint density at radius 1 is 1.35 bits per heavy atom. The van der Waals surface area contributed by atoms with Crippen molar-refractivity contribution in [3.05, 3.63) is 22.7 Å². The monoisotopic (exact) mass is 373 g/mol. The molecule has 2 N–H and O–H groups in total. The standard InChI is InChI=1S/C15H20BrNOS2/c16-13-9-11(17)1-2-14(13)20-12-3-6-18-15(10-12)4-7-19-8-5-15/h1-2,9,12H,3-8,10,17H2. The average Bonchev–Trinajstić information content (AvgIpc) is 2.43. The smallest absolute Gasteiger partial charge is 0.0709 e. The van der Waals surface area contributed by atoms with Gasteiger partial charge in [0.15, 0.2) is 0 Å². The van der Waals surface area contributed by atoms with Crippen LogP contribution in [0.15, 0.2) is 27.6 Å². The van der Waals surface area contributed by atoms with Crippen molar-refractivity contribution in [1.82, 2.24) is 0 Å². The van der Waals surface area contributed by atoms with Gasteiger partial charge in [-0.2, -0.15) is 11.8 Å². The van der Waals surface area contributed by atoms with Crippen LogP contribution in [0.4, 0.5) is 5.69 Å². The van der Waals surface area contributed by atoms with E-state index in [2.05, 4.69) is 33.8 Å². The average molecular weight is 374 g/mol. The summed E-state index contributed by atoms with van der Waals surface area (Å²) in [5.41, 5.74) is 6.79. The summed E-state index contributed by atoms with van der Waals surface area (Å²) in [6.07, 6.45) is 4.78. The van der Waals surface area contributed by atoms with Crippen LogP contribution in [0.3, 0.4) is 0 Å². The van der Waals surface area contributed by atoms with Gasteiger partial charge in [0, 0.05) is 26.9 Å². The van der Waals surface area contributed by atoms with Crippen LogP contribution in [0.5, 0.6) is 0 Å². The van der Waals surface area contributed by atoms with Crippen LogP contribution < -0.4 is 5.73 Å². The lowest BCUT2D eigenvalue weighted by Crippen LogP contribution is -2.43. The highest BCUT2D eigenvalue weighted by atomic mass is 79.9. The molecule has 2 saturated heterocycles. The zero-order chi connectivity index (χ0) is 14.0. The van der Waals surface area contributed by atoms with Crippen LogP contribution in [-0.4, -0.2) is 29.0 Å². The lowest BCUT2D eigenvalue weighted by Gasteiger charge is -2.43. The minimum atomic E-state index is 0.168. The molecule has 1 aromatic rings. The van der Waals surface area contributed by atoms with Gasteiger partial charge < -0.3 is 10.5 Å². The highest BCUT2D eigenvalue weighted by Gasteiger charge is 2.39. The van der Waals surface area contributed by atoms with Gasteiger partial charge in [-0.1, -0.05) is 0 Å². The Kier molecular flexibility index (Phi) is 4.90. The molecule has 2 aliphatic rings. The van der Waals surface area contributed by atoms with Gasteiger partial charge in [0.05, 0.1) is 5.60 Å². The van der Waals surface area contributed by atoms with Crippen molar-refractivity contribution in [2.45, 2.75) is 41.4 Å². The summed E-state index contributed by atoms with van der Waals surface area (Å²) in [4.78, 5) is 1.30. The predicted octanol–water partition coefficient (Wildman–Crippen LogP) is 4.57. The fourth-order valence-electron chi connectivity index (χ4n) is 2.97. The molecule has 1 unspecified atom stereocenters. The second kappa shape index (κ2) is 6.51. The van der Waals surface area contributed by atoms with Crippen molar-refractivity contribution in [3.63, 3.8) is 0 Å². The van der Waals surface area contributed by atoms with Gasteiger partial charge >= 0.3 is 0 Å². The number of rotatable bonds is 2. The van der Waals surface area contributed by atoms with E-state index in [4.69, 9.17) is 10.5 Å². The Labute approximate surface area is 137 Å². The fraction of sp³-hybridized carbons (Fsp3) is 0.600. The summed E-state index contributed by atoms with van der Waals surface area (Å²) >= 11 is 7.67. The summed E-state index contributed by atoms with van der Waals surface area (Å²) in [6.45, 7) is 0.912. The lowest BCUT2D eigenvalue weighted by molar-refractivity contribution is -0.0804. The van der Waals surface area contributed by atoms with Crippen LogP contribution in [0, 0.1) is 0 Å². The number of nitrogens with two attached hydrogens (primary N) is 1. The van der Waals surface area contributed by atoms with Gasteiger partial charge in [0.25, 0.3) is 0 Å². The Balaban J connectivity index is 1.68. The predicted molar refractivity (Wildman–Crippen MR) is 92.7 cm³/mol. The van der Waals surface area contributed by atoms with Gasteiger partial charge in [0.1, 0.15) is 0 Å². The normalized spacial score (nSPS) is 25.8. The molecule has 0 amide bonds. The molecular weight excluding hydrogens is 354 g/mol. The van der Waals surface area contributed by atoms with E-state index in [0.717, 1.165) is 23.2 Å². The van der Waals surface area contributed by atoms with E-state index in [1.54, 1.807) is 0 Å². The van der Waals surface area contributed by atoms with Crippen LogP contribution in [0.2, 0.25) is 0 Å². The molecule has 0 aliphatic carbocycles. The number of hydrogen-bond acceptors (Lipinski definition) is 4. The van der Waals surface area contributed by atoms with Crippen molar-refractivity contribution in [2.75, 3.05) is 23.8 Å². The molecule has 1 atom stereocenters. The highest BCUT2D eigenvalue weighted by Crippen LogP contribution is 2.44. The zero-order valence-corrected chi connectivity index (χ0v) is 14.7. The zero-order valence-electron chi connectivity index (χ0n) is 11.4. The molecule has 0 radical (unpaired) electrons. The summed E-state index contributed by atoms with van der Waals surface area (Å²) in [5.74, 6) is 2.51. The molecule has 20 heavy (non-hydrogen) atoms. The van der Waals surface area contributed by atoms with E-state index in [1.807, 2.05) is 23.9 Å². The maximum absolute atomic E-state index is 6.17. The number of thioether (sulfide) groups is 2. The molecule has 1 aromatic carbocycles. The second-order valence-electron chi connectivity index (χ2n) is 5.57. The third-order valence-corrected chi connectivity index (χ3v) is 7.35. The second-order valence-corrected chi connectivity index (χ2v) is 8.99. The van der Waals surface area contributed by atoms with Crippen LogP contribution in [0.25, 0.3) is 0 Å². The molecule has 0 saturated carbocycles. The first kappa shape index (κ1) is 15.1. The Morgan fingerprint density at radius 3 is 2.90 bits per heavy atom. The van der Waals surface area contributed by atoms with Gasteiger partial charge in [-0.25, -0.2) is 0 Å². The van der Waals surface area contributed by atoms with Crippen molar-refractivity contribution in [1.29, 1.82) is 0 Å². The molecule has 2 heterocycles. The Morgan fingerprint density at radius 2 is 2.15 bits per heavy atom. The molecule has 2 nitrogen and oxygen atoms in total. The van der Waals surface area contributed by atoms with E-state index in [-0.39, 0.29) is 5.60 Å². The number of nitrogen functional groups attached to an aromatic ring is 1. The van der Waals surface area contributed by atoms with E-state index < -0.39 is 0 Å². The lowest BCUT2D eigenvalue weighted by atomic mass is 9.88.